The summed E-state index contributed by atoms with van der Waals surface area (Å²) >= 11 is 0. The fourth-order valence-corrected chi connectivity index (χ4v) is 3.25. The highest BCUT2D eigenvalue weighted by Gasteiger charge is 2.45. The molecule has 1 heterocycles. The zero-order valence-corrected chi connectivity index (χ0v) is 20.7. The fraction of sp³-hybridized carbons (Fsp3) is 0.955. The van der Waals surface area contributed by atoms with Crippen LogP contribution in [0.5, 0.6) is 0 Å². The molecular formula is C22H43NO11. The van der Waals surface area contributed by atoms with Crippen LogP contribution >= 0.6 is 0 Å². The van der Waals surface area contributed by atoms with Gasteiger partial charge >= 0.3 is 0 Å². The molecule has 3 N–H and O–H groups in total. The van der Waals surface area contributed by atoms with Crippen LogP contribution in [0.3, 0.4) is 0 Å². The molecular weight excluding hydrogens is 454 g/mol. The monoisotopic (exact) mass is 497 g/mol. The molecule has 1 fully saturated rings. The zero-order valence-electron chi connectivity index (χ0n) is 20.7. The number of carbonyl (C=O) groups is 1. The summed E-state index contributed by atoms with van der Waals surface area (Å²) in [5, 5.41) is 22.0. The lowest BCUT2D eigenvalue weighted by molar-refractivity contribution is -0.262. The molecule has 202 valence electrons. The molecule has 0 aliphatic carbocycles. The molecule has 1 amide bonds. The molecule has 0 spiro atoms. The Morgan fingerprint density at radius 3 is 1.74 bits per heavy atom. The molecule has 34 heavy (non-hydrogen) atoms. The van der Waals surface area contributed by atoms with Crippen molar-refractivity contribution in [3.8, 4) is 0 Å². The van der Waals surface area contributed by atoms with Crippen molar-refractivity contribution >= 4 is 5.91 Å². The maximum atomic E-state index is 11.3. The average Bonchev–Trinajstić information content (AvgIpc) is 2.78. The Kier molecular flexibility index (Phi) is 17.6. The number of amides is 1. The van der Waals surface area contributed by atoms with Crippen molar-refractivity contribution in [1.29, 1.82) is 0 Å². The van der Waals surface area contributed by atoms with Gasteiger partial charge in [0.1, 0.15) is 6.10 Å². The number of aliphatic hydroxyl groups is 2. The standard InChI is InChI=1S/C22H43NO11/c1-18(25)23-19-16-22(2,26)20(34-21(19)27-3)17-33-15-14-32-13-12-31-11-10-30-9-8-29-7-6-28-5-4-24/h19-21,24,26H,4-17H2,1-3H3,(H,23,25)/t19-,20-,21?,22?/m1/s1. The summed E-state index contributed by atoms with van der Waals surface area (Å²) in [6.07, 6.45) is -0.945. The third-order valence-corrected chi connectivity index (χ3v) is 4.94. The van der Waals surface area contributed by atoms with Crippen LogP contribution in [0.1, 0.15) is 20.3 Å². The van der Waals surface area contributed by atoms with Crippen LogP contribution in [-0.4, -0.2) is 133 Å². The Morgan fingerprint density at radius 2 is 1.32 bits per heavy atom. The van der Waals surface area contributed by atoms with E-state index in [2.05, 4.69) is 5.32 Å². The smallest absolute Gasteiger partial charge is 0.217 e. The van der Waals surface area contributed by atoms with E-state index in [0.717, 1.165) is 0 Å². The summed E-state index contributed by atoms with van der Waals surface area (Å²) in [6, 6.07) is -0.432. The summed E-state index contributed by atoms with van der Waals surface area (Å²) in [7, 11) is 1.49. The number of methoxy groups -OCH3 is 1. The highest BCUT2D eigenvalue weighted by Crippen LogP contribution is 2.29. The number of ether oxygens (including phenoxy) is 8. The quantitative estimate of drug-likeness (QED) is 0.170. The van der Waals surface area contributed by atoms with Gasteiger partial charge in [0.15, 0.2) is 6.29 Å². The van der Waals surface area contributed by atoms with E-state index in [9.17, 15) is 9.90 Å². The van der Waals surface area contributed by atoms with E-state index in [0.29, 0.717) is 79.1 Å². The summed E-state index contributed by atoms with van der Waals surface area (Å²) in [5.41, 5.74) is -1.17. The maximum absolute atomic E-state index is 11.3. The fourth-order valence-electron chi connectivity index (χ4n) is 3.25. The molecule has 0 bridgehead atoms. The molecule has 12 heteroatoms. The van der Waals surface area contributed by atoms with Gasteiger partial charge in [0.25, 0.3) is 0 Å². The summed E-state index contributed by atoms with van der Waals surface area (Å²) in [4.78, 5) is 11.3. The van der Waals surface area contributed by atoms with Crippen LogP contribution < -0.4 is 5.32 Å². The number of hydrogen-bond donors (Lipinski definition) is 3. The number of aliphatic hydroxyl groups excluding tert-OH is 1. The van der Waals surface area contributed by atoms with Crippen LogP contribution in [0.15, 0.2) is 0 Å². The highest BCUT2D eigenvalue weighted by molar-refractivity contribution is 5.73. The van der Waals surface area contributed by atoms with Crippen molar-refractivity contribution in [2.24, 2.45) is 0 Å². The van der Waals surface area contributed by atoms with Gasteiger partial charge in [-0.1, -0.05) is 0 Å². The Bertz CT molecular complexity index is 509. The Balaban J connectivity index is 1.95. The van der Waals surface area contributed by atoms with Crippen molar-refractivity contribution in [2.45, 2.75) is 44.3 Å². The highest BCUT2D eigenvalue weighted by atomic mass is 16.7. The van der Waals surface area contributed by atoms with Gasteiger partial charge in [0.05, 0.1) is 97.5 Å². The first kappa shape index (κ1) is 31.1. The lowest BCUT2D eigenvalue weighted by Gasteiger charge is -2.44. The van der Waals surface area contributed by atoms with E-state index in [1.54, 1.807) is 6.92 Å². The molecule has 2 unspecified atom stereocenters. The van der Waals surface area contributed by atoms with E-state index in [-0.39, 0.29) is 19.1 Å². The van der Waals surface area contributed by atoms with E-state index >= 15 is 0 Å². The third-order valence-electron chi connectivity index (χ3n) is 4.94. The predicted octanol–water partition coefficient (Wildman–Crippen LogP) is -0.905. The second-order valence-corrected chi connectivity index (χ2v) is 7.96. The van der Waals surface area contributed by atoms with Crippen LogP contribution in [0, 0.1) is 0 Å². The van der Waals surface area contributed by atoms with E-state index < -0.39 is 24.0 Å². The Morgan fingerprint density at radius 1 is 0.882 bits per heavy atom. The number of carbonyl (C=O) groups excluding carboxylic acids is 1. The Labute approximate surface area is 202 Å². The molecule has 0 aromatic carbocycles. The molecule has 0 radical (unpaired) electrons. The van der Waals surface area contributed by atoms with Gasteiger partial charge in [0, 0.05) is 20.5 Å². The molecule has 1 aliphatic heterocycles. The van der Waals surface area contributed by atoms with E-state index in [1.807, 2.05) is 0 Å². The van der Waals surface area contributed by atoms with Crippen molar-refractivity contribution in [3.63, 3.8) is 0 Å². The maximum Gasteiger partial charge on any atom is 0.217 e. The van der Waals surface area contributed by atoms with Gasteiger partial charge in [-0.3, -0.25) is 4.79 Å². The van der Waals surface area contributed by atoms with Gasteiger partial charge in [0.2, 0.25) is 5.91 Å². The van der Waals surface area contributed by atoms with Crippen LogP contribution in [0.25, 0.3) is 0 Å². The molecule has 12 nitrogen and oxygen atoms in total. The van der Waals surface area contributed by atoms with E-state index in [1.165, 1.54) is 14.0 Å². The first-order valence-electron chi connectivity index (χ1n) is 11.7. The normalized spacial score (nSPS) is 24.9. The predicted molar refractivity (Wildman–Crippen MR) is 121 cm³/mol. The molecule has 1 aliphatic rings. The molecule has 0 aromatic heterocycles. The topological polar surface area (TPSA) is 143 Å². The van der Waals surface area contributed by atoms with Crippen molar-refractivity contribution in [3.05, 3.63) is 0 Å². The summed E-state index contributed by atoms with van der Waals surface area (Å²) in [5.74, 6) is -0.211. The lowest BCUT2D eigenvalue weighted by Crippen LogP contribution is -2.60. The molecule has 0 saturated carbocycles. The minimum Gasteiger partial charge on any atom is -0.394 e. The second kappa shape index (κ2) is 19.3. The van der Waals surface area contributed by atoms with Crippen LogP contribution in [0.4, 0.5) is 0 Å². The van der Waals surface area contributed by atoms with Crippen molar-refractivity contribution in [2.75, 3.05) is 93.0 Å². The minimum atomic E-state index is -1.17. The SMILES string of the molecule is COC1O[C@H](COCCOCCOCCOCCOCCOCCO)C(C)(O)C[C@H]1NC(C)=O. The van der Waals surface area contributed by atoms with Crippen LogP contribution in [-0.2, 0) is 42.7 Å². The molecule has 4 atom stereocenters. The number of nitrogens with one attached hydrogen (secondary N) is 1. The first-order valence-corrected chi connectivity index (χ1v) is 11.7. The van der Waals surface area contributed by atoms with Gasteiger partial charge in [-0.25, -0.2) is 0 Å². The van der Waals surface area contributed by atoms with Crippen molar-refractivity contribution < 1.29 is 52.9 Å². The second-order valence-electron chi connectivity index (χ2n) is 7.96. The molecule has 1 saturated heterocycles. The van der Waals surface area contributed by atoms with Gasteiger partial charge in [-0.2, -0.15) is 0 Å². The lowest BCUT2D eigenvalue weighted by atomic mass is 9.88. The first-order chi connectivity index (χ1) is 16.4. The van der Waals surface area contributed by atoms with Gasteiger partial charge in [-0.15, -0.1) is 0 Å². The summed E-state index contributed by atoms with van der Waals surface area (Å²) in [6.45, 7) is 8.02. The Hall–Kier alpha value is -0.930. The van der Waals surface area contributed by atoms with Gasteiger partial charge in [-0.05, 0) is 6.92 Å². The molecule has 0 aromatic rings. The number of hydrogen-bond acceptors (Lipinski definition) is 11. The molecule has 1 rings (SSSR count). The average molecular weight is 498 g/mol. The zero-order chi connectivity index (χ0) is 25.1. The third kappa shape index (κ3) is 14.5. The van der Waals surface area contributed by atoms with E-state index in [4.69, 9.17) is 43.0 Å². The van der Waals surface area contributed by atoms with Crippen molar-refractivity contribution in [1.82, 2.24) is 5.32 Å². The number of rotatable bonds is 21. The minimum absolute atomic E-state index is 0.0148. The largest absolute Gasteiger partial charge is 0.394 e. The summed E-state index contributed by atoms with van der Waals surface area (Å²) < 4.78 is 43.3. The van der Waals surface area contributed by atoms with Gasteiger partial charge < -0.3 is 53.4 Å². The van der Waals surface area contributed by atoms with Crippen LogP contribution in [0.2, 0.25) is 0 Å².